The van der Waals surface area contributed by atoms with Crippen molar-refractivity contribution < 1.29 is 5.11 Å². The molecular weight excluding hydrogens is 260 g/mol. The lowest BCUT2D eigenvalue weighted by Gasteiger charge is -2.21. The van der Waals surface area contributed by atoms with Gasteiger partial charge in [-0.15, -0.1) is 17.9 Å². The van der Waals surface area contributed by atoms with Crippen LogP contribution in [0.15, 0.2) is 57.5 Å². The van der Waals surface area contributed by atoms with Crippen molar-refractivity contribution in [3.05, 3.63) is 59.5 Å². The second-order valence-electron chi connectivity index (χ2n) is 4.38. The average Bonchev–Trinajstić information content (AvgIpc) is 2.80. The summed E-state index contributed by atoms with van der Waals surface area (Å²) >= 11 is 3.47. The molecule has 0 spiro atoms. The van der Waals surface area contributed by atoms with Crippen LogP contribution in [0.2, 0.25) is 0 Å². The maximum atomic E-state index is 10.6. The second-order valence-corrected chi connectivity index (χ2v) is 6.61. The van der Waals surface area contributed by atoms with Crippen LogP contribution in [0.3, 0.4) is 0 Å². The lowest BCUT2D eigenvalue weighted by Crippen LogP contribution is -2.09. The topological polar surface area (TPSA) is 20.2 Å². The summed E-state index contributed by atoms with van der Waals surface area (Å²) < 4.78 is 1.21. The van der Waals surface area contributed by atoms with Gasteiger partial charge in [0.05, 0.1) is 10.3 Å². The van der Waals surface area contributed by atoms with Gasteiger partial charge in [-0.1, -0.05) is 36.0 Å². The lowest BCUT2D eigenvalue weighted by atomic mass is 9.87. The van der Waals surface area contributed by atoms with Crippen molar-refractivity contribution >= 4 is 23.1 Å². The van der Waals surface area contributed by atoms with Crippen LogP contribution in [-0.2, 0) is 0 Å². The molecule has 0 radical (unpaired) electrons. The fourth-order valence-electron chi connectivity index (χ4n) is 2.41. The lowest BCUT2D eigenvalue weighted by molar-refractivity contribution is 0.143. The minimum Gasteiger partial charge on any atom is -0.388 e. The van der Waals surface area contributed by atoms with E-state index in [2.05, 4.69) is 30.2 Å². The maximum absolute atomic E-state index is 10.6. The Bertz CT molecular complexity index is 573. The molecule has 1 nitrogen and oxygen atoms in total. The first-order valence-corrected chi connectivity index (χ1v) is 7.64. The monoisotopic (exact) mass is 274 g/mol. The van der Waals surface area contributed by atoms with Gasteiger partial charge in [0.1, 0.15) is 0 Å². The molecule has 0 saturated carbocycles. The first-order valence-electron chi connectivity index (χ1n) is 5.94. The van der Waals surface area contributed by atoms with Crippen LogP contribution < -0.4 is 0 Å². The van der Waals surface area contributed by atoms with Crippen LogP contribution in [-0.4, -0.2) is 5.11 Å². The molecule has 0 amide bonds. The number of fused-ring (bicyclic) bond motifs is 2. The van der Waals surface area contributed by atoms with Crippen LogP contribution in [0.25, 0.3) is 0 Å². The van der Waals surface area contributed by atoms with Crippen LogP contribution in [0.4, 0.5) is 0 Å². The molecule has 2 heterocycles. The smallest absolute Gasteiger partial charge is 0.0881 e. The zero-order chi connectivity index (χ0) is 12.5. The van der Waals surface area contributed by atoms with Gasteiger partial charge in [0, 0.05) is 16.4 Å². The number of hydrogen-bond acceptors (Lipinski definition) is 3. The van der Waals surface area contributed by atoms with Crippen LogP contribution in [0.1, 0.15) is 29.6 Å². The molecular formula is C15H14OS2. The largest absolute Gasteiger partial charge is 0.388 e. The molecule has 1 aliphatic rings. The highest BCUT2D eigenvalue weighted by molar-refractivity contribution is 8.01. The van der Waals surface area contributed by atoms with E-state index in [4.69, 9.17) is 0 Å². The van der Waals surface area contributed by atoms with Crippen molar-refractivity contribution in [3.8, 4) is 0 Å². The zero-order valence-corrected chi connectivity index (χ0v) is 11.5. The highest BCUT2D eigenvalue weighted by Crippen LogP contribution is 2.49. The molecule has 3 rings (SSSR count). The van der Waals surface area contributed by atoms with Gasteiger partial charge in [-0.2, -0.15) is 0 Å². The highest BCUT2D eigenvalue weighted by atomic mass is 32.2. The maximum Gasteiger partial charge on any atom is 0.0881 e. The van der Waals surface area contributed by atoms with E-state index >= 15 is 0 Å². The van der Waals surface area contributed by atoms with E-state index in [9.17, 15) is 5.11 Å². The summed E-state index contributed by atoms with van der Waals surface area (Å²) in [5.41, 5.74) is 2.30. The Hall–Kier alpha value is -1.03. The van der Waals surface area contributed by atoms with Crippen molar-refractivity contribution in [1.82, 2.24) is 0 Å². The first kappa shape index (κ1) is 12.0. The minimum absolute atomic E-state index is 0.113. The Kier molecular flexibility index (Phi) is 3.29. The van der Waals surface area contributed by atoms with Crippen molar-refractivity contribution in [2.45, 2.75) is 27.5 Å². The van der Waals surface area contributed by atoms with Crippen LogP contribution >= 0.6 is 23.1 Å². The van der Waals surface area contributed by atoms with Gasteiger partial charge in [-0.05, 0) is 29.5 Å². The van der Waals surface area contributed by atoms with Gasteiger partial charge < -0.3 is 5.11 Å². The van der Waals surface area contributed by atoms with Crippen molar-refractivity contribution in [3.63, 3.8) is 0 Å². The summed E-state index contributed by atoms with van der Waals surface area (Å²) in [7, 11) is 0. The van der Waals surface area contributed by atoms with Gasteiger partial charge >= 0.3 is 0 Å². The third-order valence-electron chi connectivity index (χ3n) is 3.30. The number of rotatable bonds is 2. The van der Waals surface area contributed by atoms with Gasteiger partial charge in [0.2, 0.25) is 0 Å². The van der Waals surface area contributed by atoms with Gasteiger partial charge in [0.25, 0.3) is 0 Å². The molecule has 0 saturated heterocycles. The Morgan fingerprint density at radius 3 is 2.89 bits per heavy atom. The van der Waals surface area contributed by atoms with E-state index in [1.54, 1.807) is 23.1 Å². The third-order valence-corrected chi connectivity index (χ3v) is 5.57. The average molecular weight is 274 g/mol. The SMILES string of the molecule is C=CC[C@@H]1c2ccccc2Sc2sccc2[C@@H]1O. The number of hydrogen-bond donors (Lipinski definition) is 1. The van der Waals surface area contributed by atoms with E-state index in [1.165, 1.54) is 14.7 Å². The molecule has 1 aromatic carbocycles. The van der Waals surface area contributed by atoms with E-state index in [0.29, 0.717) is 0 Å². The molecule has 0 aliphatic carbocycles. The van der Waals surface area contributed by atoms with Gasteiger partial charge in [0.15, 0.2) is 0 Å². The molecule has 0 fully saturated rings. The van der Waals surface area contributed by atoms with Gasteiger partial charge in [-0.3, -0.25) is 0 Å². The summed E-state index contributed by atoms with van der Waals surface area (Å²) in [6.45, 7) is 3.82. The fourth-order valence-corrected chi connectivity index (χ4v) is 4.69. The molecule has 18 heavy (non-hydrogen) atoms. The van der Waals surface area contributed by atoms with E-state index in [1.807, 2.05) is 18.2 Å². The molecule has 1 aromatic heterocycles. The highest BCUT2D eigenvalue weighted by Gasteiger charge is 2.30. The molecule has 2 aromatic rings. The predicted octanol–water partition coefficient (Wildman–Crippen LogP) is 4.61. The quantitative estimate of drug-likeness (QED) is 0.807. The summed E-state index contributed by atoms with van der Waals surface area (Å²) in [5.74, 6) is 0.113. The molecule has 1 aliphatic heterocycles. The number of thiophene rings is 1. The standard InChI is InChI=1S/C15H14OS2/c1-2-5-11-10-6-3-4-7-13(10)18-15-12(14(11)16)8-9-17-15/h2-4,6-9,11,14,16H,1,5H2/t11-,14-/m1/s1. The van der Waals surface area contributed by atoms with Crippen molar-refractivity contribution in [2.75, 3.05) is 0 Å². The molecule has 2 atom stereocenters. The summed E-state index contributed by atoms with van der Waals surface area (Å²) in [4.78, 5) is 1.25. The van der Waals surface area contributed by atoms with E-state index in [0.717, 1.165) is 12.0 Å². The molecule has 3 heteroatoms. The number of aliphatic hydroxyl groups excluding tert-OH is 1. The van der Waals surface area contributed by atoms with Gasteiger partial charge in [-0.25, -0.2) is 0 Å². The Labute approximate surface area is 115 Å². The van der Waals surface area contributed by atoms with Crippen molar-refractivity contribution in [1.29, 1.82) is 0 Å². The third kappa shape index (κ3) is 1.92. The first-order chi connectivity index (χ1) is 8.81. The second kappa shape index (κ2) is 4.92. The fraction of sp³-hybridized carbons (Fsp3) is 0.200. The van der Waals surface area contributed by atoms with E-state index < -0.39 is 6.10 Å². The molecule has 1 N–H and O–H groups in total. The molecule has 0 bridgehead atoms. The normalized spacial score (nSPS) is 21.8. The summed E-state index contributed by atoms with van der Waals surface area (Å²) in [5, 5.41) is 12.7. The summed E-state index contributed by atoms with van der Waals surface area (Å²) in [6, 6.07) is 10.4. The summed E-state index contributed by atoms with van der Waals surface area (Å²) in [6.07, 6.45) is 2.26. The van der Waals surface area contributed by atoms with Crippen LogP contribution in [0, 0.1) is 0 Å². The minimum atomic E-state index is -0.430. The molecule has 92 valence electrons. The number of aliphatic hydroxyl groups is 1. The predicted molar refractivity (Wildman–Crippen MR) is 77.4 cm³/mol. The zero-order valence-electron chi connectivity index (χ0n) is 9.87. The molecule has 0 unspecified atom stereocenters. The van der Waals surface area contributed by atoms with Crippen molar-refractivity contribution in [2.24, 2.45) is 0 Å². The number of benzene rings is 1. The number of allylic oxidation sites excluding steroid dienone is 1. The Morgan fingerprint density at radius 2 is 2.06 bits per heavy atom. The Balaban J connectivity index is 2.16. The van der Waals surface area contributed by atoms with E-state index in [-0.39, 0.29) is 5.92 Å². The Morgan fingerprint density at radius 1 is 1.22 bits per heavy atom. The van der Waals surface area contributed by atoms with Crippen LogP contribution in [0.5, 0.6) is 0 Å².